The van der Waals surface area contributed by atoms with Crippen LogP contribution in [0, 0.1) is 0 Å². The van der Waals surface area contributed by atoms with E-state index in [2.05, 4.69) is 11.3 Å². The summed E-state index contributed by atoms with van der Waals surface area (Å²) in [4.78, 5) is 9.38. The van der Waals surface area contributed by atoms with Gasteiger partial charge < -0.3 is 14.6 Å². The van der Waals surface area contributed by atoms with Gasteiger partial charge in [0.15, 0.2) is 0 Å². The second-order valence-corrected chi connectivity index (χ2v) is 0.850. The summed E-state index contributed by atoms with van der Waals surface area (Å²) in [6.07, 6.45) is -0.185. The van der Waals surface area contributed by atoms with Gasteiger partial charge in [0.25, 0.3) is 6.16 Å². The van der Waals surface area contributed by atoms with Crippen molar-refractivity contribution in [3.63, 3.8) is 0 Å². The normalized spacial score (nSPS) is 6.50. The Hall–Kier alpha value is 0.0100. The first-order valence-electron chi connectivity index (χ1n) is 1.72. The SMILES string of the molecule is C=CCOC(=O)[O-].[Na+]. The fourth-order valence-corrected chi connectivity index (χ4v) is 0.127. The van der Waals surface area contributed by atoms with Crippen LogP contribution in [-0.4, -0.2) is 12.8 Å². The monoisotopic (exact) mass is 124 g/mol. The van der Waals surface area contributed by atoms with E-state index in [0.717, 1.165) is 0 Å². The van der Waals surface area contributed by atoms with E-state index in [4.69, 9.17) is 0 Å². The van der Waals surface area contributed by atoms with Crippen molar-refractivity contribution in [2.24, 2.45) is 0 Å². The van der Waals surface area contributed by atoms with Gasteiger partial charge in [-0.2, -0.15) is 0 Å². The molecule has 0 saturated carbocycles. The van der Waals surface area contributed by atoms with E-state index in [1.165, 1.54) is 6.08 Å². The van der Waals surface area contributed by atoms with Crippen LogP contribution in [0.3, 0.4) is 0 Å². The molecule has 0 heterocycles. The summed E-state index contributed by atoms with van der Waals surface area (Å²) in [6.45, 7) is 3.22. The van der Waals surface area contributed by atoms with Gasteiger partial charge in [-0.05, 0) is 0 Å². The molecule has 40 valence electrons. The van der Waals surface area contributed by atoms with Crippen LogP contribution in [0.1, 0.15) is 0 Å². The zero-order valence-corrected chi connectivity index (χ0v) is 6.72. The Kier molecular flexibility index (Phi) is 9.55. The smallest absolute Gasteiger partial charge is 0.546 e. The molecular weight excluding hydrogens is 119 g/mol. The fourth-order valence-electron chi connectivity index (χ4n) is 0.127. The topological polar surface area (TPSA) is 49.4 Å². The van der Waals surface area contributed by atoms with Crippen molar-refractivity contribution < 1.29 is 44.2 Å². The molecule has 0 atom stereocenters. The maximum atomic E-state index is 9.38. The molecule has 0 fully saturated rings. The number of hydrogen-bond donors (Lipinski definition) is 0. The zero-order valence-electron chi connectivity index (χ0n) is 4.72. The molecule has 0 aliphatic heterocycles. The molecule has 0 spiro atoms. The van der Waals surface area contributed by atoms with E-state index in [1.54, 1.807) is 0 Å². The minimum absolute atomic E-state index is 0. The van der Waals surface area contributed by atoms with Gasteiger partial charge in [0.05, 0.1) is 0 Å². The van der Waals surface area contributed by atoms with Crippen LogP contribution in [-0.2, 0) is 4.74 Å². The van der Waals surface area contributed by atoms with Crippen LogP contribution in [0.5, 0.6) is 0 Å². The van der Waals surface area contributed by atoms with Crippen molar-refractivity contribution in [1.82, 2.24) is 0 Å². The third kappa shape index (κ3) is 9.38. The molecule has 0 rings (SSSR count). The van der Waals surface area contributed by atoms with Crippen LogP contribution in [0.2, 0.25) is 0 Å². The molecule has 3 nitrogen and oxygen atoms in total. The Morgan fingerprint density at radius 3 is 2.50 bits per heavy atom. The molecule has 0 aromatic heterocycles. The van der Waals surface area contributed by atoms with Crippen molar-refractivity contribution in [3.8, 4) is 0 Å². The first-order chi connectivity index (χ1) is 3.27. The quantitative estimate of drug-likeness (QED) is 0.218. The molecule has 0 aromatic carbocycles. The number of rotatable bonds is 2. The van der Waals surface area contributed by atoms with Gasteiger partial charge in [-0.15, -0.1) is 6.58 Å². The van der Waals surface area contributed by atoms with Gasteiger partial charge >= 0.3 is 29.6 Å². The van der Waals surface area contributed by atoms with Crippen LogP contribution in [0.4, 0.5) is 4.79 Å². The predicted molar refractivity (Wildman–Crippen MR) is 21.5 cm³/mol. The summed E-state index contributed by atoms with van der Waals surface area (Å²) in [5.74, 6) is 0. The Labute approximate surface area is 69.6 Å². The van der Waals surface area contributed by atoms with Crippen LogP contribution < -0.4 is 34.7 Å². The number of carboxylic acid groups (broad SMARTS) is 1. The van der Waals surface area contributed by atoms with Gasteiger partial charge in [0.1, 0.15) is 0 Å². The first kappa shape index (κ1) is 10.9. The molecule has 0 aromatic rings. The van der Waals surface area contributed by atoms with Crippen molar-refractivity contribution in [2.45, 2.75) is 0 Å². The largest absolute Gasteiger partial charge is 1.00 e. The van der Waals surface area contributed by atoms with E-state index in [0.29, 0.717) is 0 Å². The van der Waals surface area contributed by atoms with Crippen LogP contribution in [0.15, 0.2) is 12.7 Å². The minimum atomic E-state index is -1.51. The Morgan fingerprint density at radius 2 is 2.38 bits per heavy atom. The van der Waals surface area contributed by atoms with E-state index in [-0.39, 0.29) is 36.2 Å². The summed E-state index contributed by atoms with van der Waals surface area (Å²) < 4.78 is 3.88. The molecule has 0 amide bonds. The molecule has 8 heavy (non-hydrogen) atoms. The number of hydrogen-bond acceptors (Lipinski definition) is 3. The van der Waals surface area contributed by atoms with Crippen molar-refractivity contribution in [3.05, 3.63) is 12.7 Å². The summed E-state index contributed by atoms with van der Waals surface area (Å²) in [5.41, 5.74) is 0. The molecule has 0 unspecified atom stereocenters. The van der Waals surface area contributed by atoms with Gasteiger partial charge in [0.2, 0.25) is 0 Å². The van der Waals surface area contributed by atoms with Crippen molar-refractivity contribution >= 4 is 6.16 Å². The molecule has 0 N–H and O–H groups in total. The third-order valence-electron chi connectivity index (χ3n) is 0.319. The maximum absolute atomic E-state index is 9.38. The van der Waals surface area contributed by atoms with Crippen molar-refractivity contribution in [1.29, 1.82) is 0 Å². The van der Waals surface area contributed by atoms with Gasteiger partial charge in [0, 0.05) is 6.61 Å². The maximum Gasteiger partial charge on any atom is 1.00 e. The Bertz CT molecular complexity index is 81.4. The summed E-state index contributed by atoms with van der Waals surface area (Å²) >= 11 is 0. The molecule has 0 aliphatic carbocycles. The standard InChI is InChI=1S/C4H6O3.Na/c1-2-3-7-4(5)6;/h2H,1,3H2,(H,5,6);/q;+1/p-1. The number of carbonyl (C=O) groups excluding carboxylic acids is 1. The molecule has 0 aliphatic rings. The fraction of sp³-hybridized carbons (Fsp3) is 0.250. The van der Waals surface area contributed by atoms with E-state index < -0.39 is 6.16 Å². The molecule has 0 saturated heterocycles. The molecule has 0 bridgehead atoms. The predicted octanol–water partition coefficient (Wildman–Crippen LogP) is -3.46. The summed E-state index contributed by atoms with van der Waals surface area (Å²) in [5, 5.41) is 9.38. The van der Waals surface area contributed by atoms with E-state index in [1.807, 2.05) is 0 Å². The van der Waals surface area contributed by atoms with Gasteiger partial charge in [-0.3, -0.25) is 0 Å². The number of carbonyl (C=O) groups is 1. The Balaban J connectivity index is 0. The Morgan fingerprint density at radius 1 is 1.88 bits per heavy atom. The number of ether oxygens (including phenoxy) is 1. The first-order valence-corrected chi connectivity index (χ1v) is 1.72. The molecule has 4 heteroatoms. The third-order valence-corrected chi connectivity index (χ3v) is 0.319. The molecule has 0 radical (unpaired) electrons. The average molecular weight is 124 g/mol. The second-order valence-electron chi connectivity index (χ2n) is 0.850. The zero-order chi connectivity index (χ0) is 5.70. The van der Waals surface area contributed by atoms with Crippen LogP contribution >= 0.6 is 0 Å². The van der Waals surface area contributed by atoms with Crippen LogP contribution in [0.25, 0.3) is 0 Å². The molecular formula is C4H5NaO3. The summed E-state index contributed by atoms with van der Waals surface area (Å²) in [7, 11) is 0. The minimum Gasteiger partial charge on any atom is -0.546 e. The van der Waals surface area contributed by atoms with Gasteiger partial charge in [-0.1, -0.05) is 6.08 Å². The van der Waals surface area contributed by atoms with E-state index in [9.17, 15) is 9.90 Å². The van der Waals surface area contributed by atoms with Crippen molar-refractivity contribution in [2.75, 3.05) is 6.61 Å². The van der Waals surface area contributed by atoms with E-state index >= 15 is 0 Å². The average Bonchev–Trinajstić information content (AvgIpc) is 1.61. The summed E-state index contributed by atoms with van der Waals surface area (Å²) in [6, 6.07) is 0. The van der Waals surface area contributed by atoms with Gasteiger partial charge in [-0.25, -0.2) is 0 Å². The second kappa shape index (κ2) is 7.01.